The number of nitrogens with two attached hydrogens (primary N) is 2. The first kappa shape index (κ1) is 9.74. The monoisotopic (exact) mass is 205 g/mol. The first-order valence-corrected chi connectivity index (χ1v) is 4.18. The molecule has 4 N–H and O–H groups in total. The quantitative estimate of drug-likeness (QED) is 0.717. The highest BCUT2D eigenvalue weighted by atomic mass is 35.5. The second-order valence-electron chi connectivity index (χ2n) is 2.35. The summed E-state index contributed by atoms with van der Waals surface area (Å²) in [7, 11) is 0. The summed E-state index contributed by atoms with van der Waals surface area (Å²) in [5.41, 5.74) is 11.8. The van der Waals surface area contributed by atoms with Crippen LogP contribution in [0, 0.1) is 0 Å². The van der Waals surface area contributed by atoms with Crippen LogP contribution in [0.1, 0.15) is 11.6 Å². The van der Waals surface area contributed by atoms with Gasteiger partial charge in [-0.15, -0.1) is 0 Å². The normalized spacial score (nSPS) is 13.0. The van der Waals surface area contributed by atoms with Crippen molar-refractivity contribution in [2.45, 2.75) is 6.04 Å². The summed E-state index contributed by atoms with van der Waals surface area (Å²) < 4.78 is 0. The van der Waals surface area contributed by atoms with Crippen molar-refractivity contribution in [2.75, 3.05) is 6.54 Å². The van der Waals surface area contributed by atoms with Crippen LogP contribution < -0.4 is 11.5 Å². The van der Waals surface area contributed by atoms with Crippen molar-refractivity contribution in [1.29, 1.82) is 0 Å². The zero-order chi connectivity index (χ0) is 9.14. The average Bonchev–Trinajstić information content (AvgIpc) is 2.08. The SMILES string of the molecule is NC[C@H](N)c1ccnc(Cl)c1Cl. The molecule has 5 heteroatoms. The Morgan fingerprint density at radius 2 is 2.17 bits per heavy atom. The van der Waals surface area contributed by atoms with Crippen molar-refractivity contribution in [1.82, 2.24) is 4.98 Å². The van der Waals surface area contributed by atoms with Gasteiger partial charge in [-0.1, -0.05) is 23.2 Å². The van der Waals surface area contributed by atoms with Crippen LogP contribution in [0.5, 0.6) is 0 Å². The van der Waals surface area contributed by atoms with E-state index in [1.807, 2.05) is 0 Å². The minimum absolute atomic E-state index is 0.262. The largest absolute Gasteiger partial charge is 0.329 e. The minimum atomic E-state index is -0.280. The number of hydrogen-bond donors (Lipinski definition) is 2. The van der Waals surface area contributed by atoms with Gasteiger partial charge in [0.1, 0.15) is 5.15 Å². The van der Waals surface area contributed by atoms with E-state index in [-0.39, 0.29) is 11.2 Å². The van der Waals surface area contributed by atoms with Crippen LogP contribution >= 0.6 is 23.2 Å². The van der Waals surface area contributed by atoms with Crippen LogP contribution in [-0.4, -0.2) is 11.5 Å². The summed E-state index contributed by atoms with van der Waals surface area (Å²) in [6, 6.07) is 1.43. The van der Waals surface area contributed by atoms with Gasteiger partial charge in [0.15, 0.2) is 0 Å². The number of hydrogen-bond acceptors (Lipinski definition) is 3. The molecule has 3 nitrogen and oxygen atoms in total. The molecule has 0 bridgehead atoms. The Labute approximate surface area is 80.7 Å². The summed E-state index contributed by atoms with van der Waals surface area (Å²) in [6.45, 7) is 0.333. The Bertz CT molecular complexity index is 277. The molecule has 1 aromatic heterocycles. The van der Waals surface area contributed by atoms with Gasteiger partial charge in [-0.3, -0.25) is 0 Å². The fourth-order valence-corrected chi connectivity index (χ4v) is 1.26. The van der Waals surface area contributed by atoms with Gasteiger partial charge in [-0.05, 0) is 11.6 Å². The maximum atomic E-state index is 5.84. The molecule has 0 amide bonds. The van der Waals surface area contributed by atoms with Crippen molar-refractivity contribution in [2.24, 2.45) is 11.5 Å². The van der Waals surface area contributed by atoms with Gasteiger partial charge in [0.2, 0.25) is 0 Å². The highest BCUT2D eigenvalue weighted by Gasteiger charge is 2.10. The predicted molar refractivity (Wildman–Crippen MR) is 50.2 cm³/mol. The molecule has 0 fully saturated rings. The summed E-state index contributed by atoms with van der Waals surface area (Å²) in [6.07, 6.45) is 1.55. The van der Waals surface area contributed by atoms with Gasteiger partial charge < -0.3 is 11.5 Å². The fraction of sp³-hybridized carbons (Fsp3) is 0.286. The van der Waals surface area contributed by atoms with E-state index in [9.17, 15) is 0 Å². The molecule has 0 radical (unpaired) electrons. The van der Waals surface area contributed by atoms with E-state index in [1.54, 1.807) is 12.3 Å². The Balaban J connectivity index is 3.07. The van der Waals surface area contributed by atoms with E-state index in [0.29, 0.717) is 11.6 Å². The van der Waals surface area contributed by atoms with Crippen molar-refractivity contribution in [3.63, 3.8) is 0 Å². The van der Waals surface area contributed by atoms with E-state index in [1.165, 1.54) is 0 Å². The zero-order valence-corrected chi connectivity index (χ0v) is 7.81. The van der Waals surface area contributed by atoms with Crippen LogP contribution in [-0.2, 0) is 0 Å². The van der Waals surface area contributed by atoms with Crippen LogP contribution in [0.25, 0.3) is 0 Å². The third-order valence-electron chi connectivity index (χ3n) is 1.53. The van der Waals surface area contributed by atoms with Gasteiger partial charge >= 0.3 is 0 Å². The molecular weight excluding hydrogens is 197 g/mol. The van der Waals surface area contributed by atoms with Crippen LogP contribution in [0.15, 0.2) is 12.3 Å². The Morgan fingerprint density at radius 3 is 2.75 bits per heavy atom. The second-order valence-corrected chi connectivity index (χ2v) is 3.08. The van der Waals surface area contributed by atoms with Crippen LogP contribution in [0.2, 0.25) is 10.2 Å². The molecule has 1 aromatic rings. The highest BCUT2D eigenvalue weighted by molar-refractivity contribution is 6.41. The summed E-state index contributed by atoms with van der Waals surface area (Å²) in [4.78, 5) is 3.79. The molecule has 1 atom stereocenters. The molecule has 0 saturated heterocycles. The summed E-state index contributed by atoms with van der Waals surface area (Å²) >= 11 is 11.5. The molecule has 0 spiro atoms. The average molecular weight is 206 g/mol. The Hall–Kier alpha value is -0.350. The van der Waals surface area contributed by atoms with E-state index in [2.05, 4.69) is 4.98 Å². The van der Waals surface area contributed by atoms with Gasteiger partial charge in [-0.25, -0.2) is 4.98 Å². The lowest BCUT2D eigenvalue weighted by molar-refractivity contribution is 0.736. The van der Waals surface area contributed by atoms with Crippen molar-refractivity contribution in [3.05, 3.63) is 28.0 Å². The van der Waals surface area contributed by atoms with E-state index in [0.717, 1.165) is 5.56 Å². The first-order chi connectivity index (χ1) is 5.66. The van der Waals surface area contributed by atoms with E-state index >= 15 is 0 Å². The van der Waals surface area contributed by atoms with Gasteiger partial charge in [0.05, 0.1) is 5.02 Å². The molecule has 12 heavy (non-hydrogen) atoms. The van der Waals surface area contributed by atoms with Crippen LogP contribution in [0.3, 0.4) is 0 Å². The molecule has 66 valence electrons. The third kappa shape index (κ3) is 1.87. The number of aromatic nitrogens is 1. The number of nitrogens with zero attached hydrogens (tertiary/aromatic N) is 1. The maximum Gasteiger partial charge on any atom is 0.147 e. The smallest absolute Gasteiger partial charge is 0.147 e. The Kier molecular flexibility index (Phi) is 3.29. The Morgan fingerprint density at radius 1 is 1.50 bits per heavy atom. The molecule has 0 aliphatic rings. The molecule has 0 aliphatic heterocycles. The molecule has 0 aromatic carbocycles. The summed E-state index contributed by atoms with van der Waals surface area (Å²) in [5.74, 6) is 0. The lowest BCUT2D eigenvalue weighted by Crippen LogP contribution is -2.21. The first-order valence-electron chi connectivity index (χ1n) is 3.42. The van der Waals surface area contributed by atoms with Crippen molar-refractivity contribution >= 4 is 23.2 Å². The summed E-state index contributed by atoms with van der Waals surface area (Å²) in [5, 5.41) is 0.648. The topological polar surface area (TPSA) is 64.9 Å². The number of pyridine rings is 1. The van der Waals surface area contributed by atoms with Crippen LogP contribution in [0.4, 0.5) is 0 Å². The maximum absolute atomic E-state index is 5.84. The molecule has 1 heterocycles. The van der Waals surface area contributed by atoms with E-state index < -0.39 is 0 Å². The molecule has 0 aliphatic carbocycles. The zero-order valence-electron chi connectivity index (χ0n) is 6.30. The van der Waals surface area contributed by atoms with Gasteiger partial charge in [-0.2, -0.15) is 0 Å². The molecule has 1 rings (SSSR count). The second kappa shape index (κ2) is 4.05. The third-order valence-corrected chi connectivity index (χ3v) is 2.31. The molecular formula is C7H9Cl2N3. The fourth-order valence-electron chi connectivity index (χ4n) is 0.845. The lowest BCUT2D eigenvalue weighted by Gasteiger charge is -2.10. The minimum Gasteiger partial charge on any atom is -0.329 e. The lowest BCUT2D eigenvalue weighted by atomic mass is 10.1. The standard InChI is InChI=1S/C7H9Cl2N3/c8-6-4(5(11)3-10)1-2-12-7(6)9/h1-2,5H,3,10-11H2/t5-/m0/s1. The molecule has 0 unspecified atom stereocenters. The predicted octanol–water partition coefficient (Wildman–Crippen LogP) is 1.35. The van der Waals surface area contributed by atoms with E-state index in [4.69, 9.17) is 34.7 Å². The van der Waals surface area contributed by atoms with Gasteiger partial charge in [0, 0.05) is 18.8 Å². The number of rotatable bonds is 2. The van der Waals surface area contributed by atoms with Gasteiger partial charge in [0.25, 0.3) is 0 Å². The van der Waals surface area contributed by atoms with Crippen molar-refractivity contribution < 1.29 is 0 Å². The highest BCUT2D eigenvalue weighted by Crippen LogP contribution is 2.26. The number of halogens is 2. The molecule has 0 saturated carbocycles. The van der Waals surface area contributed by atoms with Crippen molar-refractivity contribution in [3.8, 4) is 0 Å².